The van der Waals surface area contributed by atoms with E-state index in [1.54, 1.807) is 0 Å². The molecule has 3 heteroatoms. The summed E-state index contributed by atoms with van der Waals surface area (Å²) in [7, 11) is 1.37. The summed E-state index contributed by atoms with van der Waals surface area (Å²) in [4.78, 5) is 22.2. The van der Waals surface area contributed by atoms with Crippen LogP contribution in [-0.4, -0.2) is 18.9 Å². The van der Waals surface area contributed by atoms with Crippen LogP contribution in [0.15, 0.2) is 0 Å². The fourth-order valence-electron chi connectivity index (χ4n) is 1.46. The summed E-state index contributed by atoms with van der Waals surface area (Å²) in [5.41, 5.74) is 0. The predicted molar refractivity (Wildman–Crippen MR) is 54.9 cm³/mol. The molecule has 82 valence electrons. The van der Waals surface area contributed by atoms with Gasteiger partial charge in [0.2, 0.25) is 0 Å². The molecule has 0 fully saturated rings. The molecule has 0 spiro atoms. The van der Waals surface area contributed by atoms with Gasteiger partial charge in [-0.3, -0.25) is 4.79 Å². The highest BCUT2D eigenvalue weighted by atomic mass is 16.5. The Bertz CT molecular complexity index is 187. The van der Waals surface area contributed by atoms with Gasteiger partial charge in [-0.05, 0) is 13.3 Å². The van der Waals surface area contributed by atoms with Gasteiger partial charge in [0.1, 0.15) is 5.78 Å². The molecule has 14 heavy (non-hydrogen) atoms. The summed E-state index contributed by atoms with van der Waals surface area (Å²) in [5, 5.41) is 0. The number of esters is 1. The quantitative estimate of drug-likeness (QED) is 0.468. The lowest BCUT2D eigenvalue weighted by Crippen LogP contribution is -2.18. The molecule has 0 aliphatic heterocycles. The van der Waals surface area contributed by atoms with Crippen molar-refractivity contribution in [3.05, 3.63) is 0 Å². The standard InChI is InChI=1S/C11H20O3/c1-4-5-6-7-10(8-9(2)12)11(13)14-3/h10H,4-8H2,1-3H3. The second-order valence-electron chi connectivity index (χ2n) is 3.62. The van der Waals surface area contributed by atoms with E-state index in [1.807, 2.05) is 0 Å². The Morgan fingerprint density at radius 2 is 1.93 bits per heavy atom. The van der Waals surface area contributed by atoms with Gasteiger partial charge in [-0.1, -0.05) is 26.2 Å². The van der Waals surface area contributed by atoms with Crippen molar-refractivity contribution in [3.63, 3.8) is 0 Å². The van der Waals surface area contributed by atoms with Crippen LogP contribution in [0.2, 0.25) is 0 Å². The van der Waals surface area contributed by atoms with E-state index >= 15 is 0 Å². The highest BCUT2D eigenvalue weighted by Crippen LogP contribution is 2.15. The maximum atomic E-state index is 11.3. The first-order valence-electron chi connectivity index (χ1n) is 5.19. The molecule has 1 atom stereocenters. The summed E-state index contributed by atoms with van der Waals surface area (Å²) in [5.74, 6) is -0.433. The van der Waals surface area contributed by atoms with Gasteiger partial charge in [0.15, 0.2) is 0 Å². The van der Waals surface area contributed by atoms with Gasteiger partial charge in [-0.15, -0.1) is 0 Å². The van der Waals surface area contributed by atoms with Gasteiger partial charge in [0, 0.05) is 6.42 Å². The van der Waals surface area contributed by atoms with Crippen molar-refractivity contribution in [1.29, 1.82) is 0 Å². The smallest absolute Gasteiger partial charge is 0.309 e. The second-order valence-corrected chi connectivity index (χ2v) is 3.62. The number of methoxy groups -OCH3 is 1. The Morgan fingerprint density at radius 1 is 1.29 bits per heavy atom. The molecule has 0 aromatic carbocycles. The van der Waals surface area contributed by atoms with Crippen LogP contribution >= 0.6 is 0 Å². The molecule has 0 heterocycles. The molecule has 0 aliphatic rings. The summed E-state index contributed by atoms with van der Waals surface area (Å²) < 4.78 is 4.65. The Hall–Kier alpha value is -0.860. The van der Waals surface area contributed by atoms with E-state index in [2.05, 4.69) is 11.7 Å². The minimum atomic E-state index is -0.253. The molecule has 0 rings (SSSR count). The Kier molecular flexibility index (Phi) is 7.07. The van der Waals surface area contributed by atoms with Crippen LogP contribution < -0.4 is 0 Å². The molecule has 3 nitrogen and oxygen atoms in total. The minimum absolute atomic E-state index is 0.0527. The summed E-state index contributed by atoms with van der Waals surface area (Å²) in [6.07, 6.45) is 4.29. The third kappa shape index (κ3) is 5.73. The molecule has 0 bridgehead atoms. The molecule has 0 saturated carbocycles. The molecule has 0 aliphatic carbocycles. The van der Waals surface area contributed by atoms with Crippen LogP contribution in [0.25, 0.3) is 0 Å². The lowest BCUT2D eigenvalue weighted by Gasteiger charge is -2.12. The van der Waals surface area contributed by atoms with E-state index in [0.717, 1.165) is 25.7 Å². The molecule has 0 aromatic rings. The van der Waals surface area contributed by atoms with Crippen LogP contribution in [0.5, 0.6) is 0 Å². The van der Waals surface area contributed by atoms with E-state index < -0.39 is 0 Å². The molecule has 0 N–H and O–H groups in total. The van der Waals surface area contributed by atoms with Crippen molar-refractivity contribution in [2.24, 2.45) is 5.92 Å². The zero-order valence-electron chi connectivity index (χ0n) is 9.34. The van der Waals surface area contributed by atoms with Gasteiger partial charge in [-0.25, -0.2) is 0 Å². The fraction of sp³-hybridized carbons (Fsp3) is 0.818. The number of carbonyl (C=O) groups excluding carboxylic acids is 2. The lowest BCUT2D eigenvalue weighted by atomic mass is 9.96. The van der Waals surface area contributed by atoms with Crippen molar-refractivity contribution in [2.45, 2.75) is 46.0 Å². The van der Waals surface area contributed by atoms with Crippen molar-refractivity contribution in [3.8, 4) is 0 Å². The van der Waals surface area contributed by atoms with E-state index in [1.165, 1.54) is 14.0 Å². The Balaban J connectivity index is 3.97. The number of carbonyl (C=O) groups is 2. The van der Waals surface area contributed by atoms with E-state index in [-0.39, 0.29) is 17.7 Å². The van der Waals surface area contributed by atoms with E-state index in [0.29, 0.717) is 6.42 Å². The number of hydrogen-bond acceptors (Lipinski definition) is 3. The van der Waals surface area contributed by atoms with Gasteiger partial charge in [-0.2, -0.15) is 0 Å². The average Bonchev–Trinajstić information content (AvgIpc) is 2.15. The molecule has 1 unspecified atom stereocenters. The van der Waals surface area contributed by atoms with Crippen LogP contribution in [0.1, 0.15) is 46.0 Å². The summed E-state index contributed by atoms with van der Waals surface area (Å²) >= 11 is 0. The minimum Gasteiger partial charge on any atom is -0.469 e. The van der Waals surface area contributed by atoms with Gasteiger partial charge < -0.3 is 9.53 Å². The zero-order valence-corrected chi connectivity index (χ0v) is 9.34. The molecular weight excluding hydrogens is 180 g/mol. The van der Waals surface area contributed by atoms with Crippen LogP contribution in [0.4, 0.5) is 0 Å². The van der Waals surface area contributed by atoms with Crippen LogP contribution in [0, 0.1) is 5.92 Å². The number of ether oxygens (including phenoxy) is 1. The maximum absolute atomic E-state index is 11.3. The first kappa shape index (κ1) is 13.1. The van der Waals surface area contributed by atoms with Gasteiger partial charge in [0.05, 0.1) is 13.0 Å². The predicted octanol–water partition coefficient (Wildman–Crippen LogP) is 2.33. The molecule has 0 saturated heterocycles. The molecule has 0 aromatic heterocycles. The lowest BCUT2D eigenvalue weighted by molar-refractivity contribution is -0.147. The topological polar surface area (TPSA) is 43.4 Å². The monoisotopic (exact) mass is 200 g/mol. The molecule has 0 amide bonds. The SMILES string of the molecule is CCCCCC(CC(C)=O)C(=O)OC. The maximum Gasteiger partial charge on any atom is 0.309 e. The van der Waals surface area contributed by atoms with Crippen molar-refractivity contribution >= 4 is 11.8 Å². The number of Topliss-reactive ketones (excluding diaryl/α,β-unsaturated/α-hetero) is 1. The normalized spacial score (nSPS) is 12.2. The number of rotatable bonds is 7. The molecular formula is C11H20O3. The second kappa shape index (κ2) is 7.54. The highest BCUT2D eigenvalue weighted by Gasteiger charge is 2.19. The van der Waals surface area contributed by atoms with Crippen LogP contribution in [-0.2, 0) is 14.3 Å². The fourth-order valence-corrected chi connectivity index (χ4v) is 1.46. The van der Waals surface area contributed by atoms with Gasteiger partial charge >= 0.3 is 5.97 Å². The van der Waals surface area contributed by atoms with E-state index in [9.17, 15) is 9.59 Å². The first-order chi connectivity index (χ1) is 6.61. The largest absolute Gasteiger partial charge is 0.469 e. The Morgan fingerprint density at radius 3 is 2.36 bits per heavy atom. The first-order valence-corrected chi connectivity index (χ1v) is 5.19. The van der Waals surface area contributed by atoms with Gasteiger partial charge in [0.25, 0.3) is 0 Å². The van der Waals surface area contributed by atoms with E-state index in [4.69, 9.17) is 0 Å². The Labute approximate surface area is 85.8 Å². The molecule has 0 radical (unpaired) electrons. The van der Waals surface area contributed by atoms with Crippen LogP contribution in [0.3, 0.4) is 0 Å². The van der Waals surface area contributed by atoms with Crippen molar-refractivity contribution < 1.29 is 14.3 Å². The van der Waals surface area contributed by atoms with Crippen molar-refractivity contribution in [1.82, 2.24) is 0 Å². The average molecular weight is 200 g/mol. The third-order valence-electron chi connectivity index (χ3n) is 2.22. The van der Waals surface area contributed by atoms with Crippen molar-refractivity contribution in [2.75, 3.05) is 7.11 Å². The zero-order chi connectivity index (χ0) is 11.0. The number of hydrogen-bond donors (Lipinski definition) is 0. The number of unbranched alkanes of at least 4 members (excludes halogenated alkanes) is 2. The number of ketones is 1. The summed E-state index contributed by atoms with van der Waals surface area (Å²) in [6, 6.07) is 0. The highest BCUT2D eigenvalue weighted by molar-refractivity contribution is 5.82. The third-order valence-corrected chi connectivity index (χ3v) is 2.22. The summed E-state index contributed by atoms with van der Waals surface area (Å²) in [6.45, 7) is 3.62.